The monoisotopic (exact) mass is 406 g/mol. The molecule has 0 aliphatic heterocycles. The van der Waals surface area contributed by atoms with Gasteiger partial charge in [0, 0.05) is 5.69 Å². The Morgan fingerprint density at radius 2 is 1.62 bits per heavy atom. The average Bonchev–Trinajstić information content (AvgIpc) is 2.68. The van der Waals surface area contributed by atoms with Crippen molar-refractivity contribution in [2.75, 3.05) is 16.5 Å². The Labute approximate surface area is 161 Å². The van der Waals surface area contributed by atoms with E-state index in [1.807, 2.05) is 0 Å². The van der Waals surface area contributed by atoms with E-state index >= 15 is 0 Å². The zero-order valence-electron chi connectivity index (χ0n) is 14.6. The lowest BCUT2D eigenvalue weighted by Crippen LogP contribution is -2.31. The van der Waals surface area contributed by atoms with Gasteiger partial charge in [-0.1, -0.05) is 12.1 Å². The molecule has 0 radical (unpaired) electrons. The number of rotatable bonds is 5. The lowest BCUT2D eigenvalue weighted by molar-refractivity contribution is -0.137. The van der Waals surface area contributed by atoms with Crippen LogP contribution in [0, 0.1) is 5.82 Å². The Hall–Kier alpha value is -3.89. The van der Waals surface area contributed by atoms with Crippen LogP contribution < -0.4 is 21.9 Å². The van der Waals surface area contributed by atoms with E-state index in [0.717, 1.165) is 24.5 Å². The van der Waals surface area contributed by atoms with Crippen molar-refractivity contribution in [3.8, 4) is 0 Å². The third kappa shape index (κ3) is 4.69. The number of aromatic nitrogens is 2. The van der Waals surface area contributed by atoms with E-state index in [-0.39, 0.29) is 22.9 Å². The number of amides is 1. The van der Waals surface area contributed by atoms with Crippen molar-refractivity contribution in [1.82, 2.24) is 15.4 Å². The minimum atomic E-state index is -4.44. The number of nitrogens with two attached hydrogens (primary N) is 1. The first-order chi connectivity index (χ1) is 13.8. The molecule has 0 atom stereocenters. The number of hydrogen-bond acceptors (Lipinski definition) is 6. The first-order valence-corrected chi connectivity index (χ1v) is 8.11. The van der Waals surface area contributed by atoms with Crippen LogP contribution in [0.2, 0.25) is 0 Å². The smallest absolute Gasteiger partial charge is 0.393 e. The quantitative estimate of drug-likeness (QED) is 0.380. The maximum absolute atomic E-state index is 13.6. The second-order valence-electron chi connectivity index (χ2n) is 5.74. The summed E-state index contributed by atoms with van der Waals surface area (Å²) in [4.78, 5) is 19.8. The first-order valence-electron chi connectivity index (χ1n) is 8.11. The van der Waals surface area contributed by atoms with Crippen molar-refractivity contribution >= 4 is 28.9 Å². The second kappa shape index (κ2) is 8.00. The highest BCUT2D eigenvalue weighted by molar-refractivity contribution is 5.95. The molecule has 7 nitrogen and oxygen atoms in total. The molecule has 3 aromatic rings. The summed E-state index contributed by atoms with van der Waals surface area (Å²) in [7, 11) is 0. The fourth-order valence-electron chi connectivity index (χ4n) is 2.30. The normalized spacial score (nSPS) is 11.0. The van der Waals surface area contributed by atoms with Gasteiger partial charge in [-0.05, 0) is 36.4 Å². The molecule has 1 aromatic heterocycles. The van der Waals surface area contributed by atoms with Gasteiger partial charge in [0.25, 0.3) is 5.91 Å². The Kier molecular flexibility index (Phi) is 5.48. The third-order valence-electron chi connectivity index (χ3n) is 3.77. The number of carbonyl (C=O) groups is 1. The van der Waals surface area contributed by atoms with Gasteiger partial charge >= 0.3 is 6.18 Å². The summed E-state index contributed by atoms with van der Waals surface area (Å²) in [5.74, 6) is -1.34. The van der Waals surface area contributed by atoms with Crippen LogP contribution in [0.15, 0.2) is 54.9 Å². The molecule has 150 valence electrons. The zero-order chi connectivity index (χ0) is 21.0. The molecule has 0 spiro atoms. The van der Waals surface area contributed by atoms with Crippen molar-refractivity contribution in [3.63, 3.8) is 0 Å². The van der Waals surface area contributed by atoms with Gasteiger partial charge in [0.05, 0.1) is 11.1 Å². The molecule has 0 unspecified atom stereocenters. The molecule has 29 heavy (non-hydrogen) atoms. The lowest BCUT2D eigenvalue weighted by atomic mass is 10.2. The molecule has 0 bridgehead atoms. The molecule has 1 amide bonds. The highest BCUT2D eigenvalue weighted by Crippen LogP contribution is 2.31. The molecule has 0 aliphatic carbocycles. The van der Waals surface area contributed by atoms with Crippen LogP contribution in [0.3, 0.4) is 0 Å². The minimum absolute atomic E-state index is 0.0127. The molecule has 0 fully saturated rings. The molecule has 3 rings (SSSR count). The van der Waals surface area contributed by atoms with Gasteiger partial charge in [-0.3, -0.25) is 15.6 Å². The molecular weight excluding hydrogens is 392 g/mol. The summed E-state index contributed by atoms with van der Waals surface area (Å²) in [6.45, 7) is 0. The van der Waals surface area contributed by atoms with E-state index < -0.39 is 23.5 Å². The molecule has 0 saturated heterocycles. The molecule has 5 N–H and O–H groups in total. The van der Waals surface area contributed by atoms with Gasteiger partial charge in [-0.2, -0.15) is 13.2 Å². The molecule has 11 heteroatoms. The summed E-state index contributed by atoms with van der Waals surface area (Å²) >= 11 is 0. The van der Waals surface area contributed by atoms with E-state index in [0.29, 0.717) is 5.69 Å². The van der Waals surface area contributed by atoms with Gasteiger partial charge in [0.15, 0.2) is 11.6 Å². The maximum atomic E-state index is 13.6. The number of nitrogens with zero attached hydrogens (tertiary/aromatic N) is 2. The van der Waals surface area contributed by atoms with Crippen LogP contribution in [0.1, 0.15) is 15.9 Å². The predicted octanol–water partition coefficient (Wildman–Crippen LogP) is 3.72. The van der Waals surface area contributed by atoms with Crippen molar-refractivity contribution in [2.45, 2.75) is 6.18 Å². The number of hydrogen-bond donors (Lipinski definition) is 4. The van der Waals surface area contributed by atoms with Crippen LogP contribution >= 0.6 is 0 Å². The molecular formula is C18H14F4N6O. The number of carbonyl (C=O) groups excluding carboxylic acids is 1. The lowest BCUT2D eigenvalue weighted by Gasteiger charge is -2.14. The number of nitrogens with one attached hydrogen (secondary N) is 3. The summed E-state index contributed by atoms with van der Waals surface area (Å²) < 4.78 is 51.5. The highest BCUT2D eigenvalue weighted by atomic mass is 19.4. The number of benzene rings is 2. The van der Waals surface area contributed by atoms with Gasteiger partial charge < -0.3 is 11.1 Å². The van der Waals surface area contributed by atoms with Crippen molar-refractivity contribution in [2.24, 2.45) is 0 Å². The minimum Gasteiger partial charge on any atom is -0.393 e. The van der Waals surface area contributed by atoms with Gasteiger partial charge in [0.1, 0.15) is 17.8 Å². The Balaban J connectivity index is 1.71. The first kappa shape index (κ1) is 19.9. The molecule has 1 heterocycles. The van der Waals surface area contributed by atoms with Crippen LogP contribution in [0.5, 0.6) is 0 Å². The predicted molar refractivity (Wildman–Crippen MR) is 98.7 cm³/mol. The van der Waals surface area contributed by atoms with Gasteiger partial charge in [-0.15, -0.1) is 0 Å². The van der Waals surface area contributed by atoms with Crippen molar-refractivity contribution < 1.29 is 22.4 Å². The van der Waals surface area contributed by atoms with E-state index in [1.165, 1.54) is 30.3 Å². The summed E-state index contributed by atoms with van der Waals surface area (Å²) in [6.07, 6.45) is -3.32. The largest absolute Gasteiger partial charge is 0.416 e. The van der Waals surface area contributed by atoms with Gasteiger partial charge in [-0.25, -0.2) is 14.4 Å². The average molecular weight is 406 g/mol. The molecule has 0 aliphatic rings. The van der Waals surface area contributed by atoms with Crippen LogP contribution in [-0.2, 0) is 6.18 Å². The van der Waals surface area contributed by atoms with Crippen LogP contribution in [-0.4, -0.2) is 15.9 Å². The Morgan fingerprint density at radius 3 is 2.28 bits per heavy atom. The summed E-state index contributed by atoms with van der Waals surface area (Å²) in [5.41, 5.74) is 9.97. The third-order valence-corrected chi connectivity index (χ3v) is 3.77. The SMILES string of the molecule is Nc1c(NNC(=O)c2ccccc2F)ncnc1Nc1ccc(C(F)(F)F)cc1. The second-order valence-corrected chi connectivity index (χ2v) is 5.74. The standard InChI is InChI=1S/C18H14F4N6O/c19-13-4-2-1-3-12(13)17(29)28-27-16-14(23)15(24-9-25-16)26-11-7-5-10(6-8-11)18(20,21)22/h1-9H,23H2,(H,28,29)(H2,24,25,26,27). The summed E-state index contributed by atoms with van der Waals surface area (Å²) in [5, 5.41) is 2.76. The van der Waals surface area contributed by atoms with Crippen molar-refractivity contribution in [3.05, 3.63) is 71.8 Å². The van der Waals surface area contributed by atoms with E-state index in [1.54, 1.807) is 0 Å². The zero-order valence-corrected chi connectivity index (χ0v) is 14.6. The van der Waals surface area contributed by atoms with Gasteiger partial charge in [0.2, 0.25) is 0 Å². The van der Waals surface area contributed by atoms with E-state index in [9.17, 15) is 22.4 Å². The number of alkyl halides is 3. The number of nitrogen functional groups attached to an aromatic ring is 1. The van der Waals surface area contributed by atoms with Crippen molar-refractivity contribution in [1.29, 1.82) is 0 Å². The van der Waals surface area contributed by atoms with Crippen LogP contribution in [0.4, 0.5) is 40.6 Å². The Bertz CT molecular complexity index is 1020. The fourth-order valence-corrected chi connectivity index (χ4v) is 2.30. The molecule has 0 saturated carbocycles. The topological polar surface area (TPSA) is 105 Å². The maximum Gasteiger partial charge on any atom is 0.416 e. The molecule has 2 aromatic carbocycles. The number of anilines is 4. The highest BCUT2D eigenvalue weighted by Gasteiger charge is 2.30. The number of hydrazine groups is 1. The van der Waals surface area contributed by atoms with E-state index in [2.05, 4.69) is 26.1 Å². The summed E-state index contributed by atoms with van der Waals surface area (Å²) in [6, 6.07) is 9.65. The Morgan fingerprint density at radius 1 is 0.966 bits per heavy atom. The van der Waals surface area contributed by atoms with Crippen LogP contribution in [0.25, 0.3) is 0 Å². The van der Waals surface area contributed by atoms with E-state index in [4.69, 9.17) is 5.73 Å². The number of halogens is 4. The fraction of sp³-hybridized carbons (Fsp3) is 0.0556.